The molecule has 0 unspecified atom stereocenters. The molecule has 1 amide bonds. The lowest BCUT2D eigenvalue weighted by molar-refractivity contribution is 0.0765. The van der Waals surface area contributed by atoms with Crippen LogP contribution >= 0.6 is 23.2 Å². The van der Waals surface area contributed by atoms with Crippen molar-refractivity contribution in [1.29, 1.82) is 0 Å². The monoisotopic (exact) mass is 274 g/mol. The van der Waals surface area contributed by atoms with Crippen molar-refractivity contribution in [2.24, 2.45) is 0 Å². The zero-order chi connectivity index (χ0) is 12.6. The van der Waals surface area contributed by atoms with Gasteiger partial charge >= 0.3 is 0 Å². The van der Waals surface area contributed by atoms with E-state index in [1.807, 2.05) is 0 Å². The average molecular weight is 275 g/mol. The molecule has 92 valence electrons. The summed E-state index contributed by atoms with van der Waals surface area (Å²) in [7, 11) is 0. The summed E-state index contributed by atoms with van der Waals surface area (Å²) in [4.78, 5) is 13.6. The van der Waals surface area contributed by atoms with Crippen LogP contribution in [0.1, 0.15) is 16.8 Å². The van der Waals surface area contributed by atoms with Crippen LogP contribution in [0.4, 0.5) is 5.69 Å². The molecule has 1 heterocycles. The summed E-state index contributed by atoms with van der Waals surface area (Å²) in [6.45, 7) is 0.888. The Balaban J connectivity index is 2.25. The maximum absolute atomic E-state index is 12.1. The van der Waals surface area contributed by atoms with E-state index in [1.165, 1.54) is 12.1 Å². The molecule has 1 fully saturated rings. The minimum Gasteiger partial charge on any atom is -0.397 e. The van der Waals surface area contributed by atoms with Gasteiger partial charge in [-0.2, -0.15) is 0 Å². The highest BCUT2D eigenvalue weighted by atomic mass is 35.5. The molecule has 1 saturated heterocycles. The first-order chi connectivity index (χ1) is 7.99. The second-order valence-electron chi connectivity index (χ2n) is 4.05. The normalized spacial score (nSPS) is 19.7. The van der Waals surface area contributed by atoms with Crippen LogP contribution in [0.2, 0.25) is 10.0 Å². The Labute approximate surface area is 109 Å². The number of rotatable bonds is 1. The highest BCUT2D eigenvalue weighted by Crippen LogP contribution is 2.30. The number of halogens is 2. The molecule has 1 aliphatic heterocycles. The van der Waals surface area contributed by atoms with Crippen LogP contribution in [0.5, 0.6) is 0 Å². The van der Waals surface area contributed by atoms with E-state index in [9.17, 15) is 9.90 Å². The number of aliphatic hydroxyl groups excluding tert-OH is 1. The van der Waals surface area contributed by atoms with Crippen molar-refractivity contribution in [3.63, 3.8) is 0 Å². The number of nitrogens with zero attached hydrogens (tertiary/aromatic N) is 1. The highest BCUT2D eigenvalue weighted by Gasteiger charge is 2.26. The number of aliphatic hydroxyl groups is 1. The number of nitrogens with two attached hydrogens (primary N) is 1. The summed E-state index contributed by atoms with van der Waals surface area (Å²) in [6.07, 6.45) is 0.154. The number of likely N-dealkylation sites (tertiary alicyclic amines) is 1. The van der Waals surface area contributed by atoms with Gasteiger partial charge in [-0.25, -0.2) is 0 Å². The average Bonchev–Trinajstić information content (AvgIpc) is 2.71. The van der Waals surface area contributed by atoms with E-state index in [4.69, 9.17) is 28.9 Å². The van der Waals surface area contributed by atoms with Crippen molar-refractivity contribution in [1.82, 2.24) is 4.90 Å². The molecule has 0 radical (unpaired) electrons. The van der Waals surface area contributed by atoms with Gasteiger partial charge in [0.15, 0.2) is 0 Å². The van der Waals surface area contributed by atoms with Gasteiger partial charge in [-0.05, 0) is 18.6 Å². The third-order valence-electron chi connectivity index (χ3n) is 2.75. The molecule has 0 spiro atoms. The van der Waals surface area contributed by atoms with Crippen LogP contribution in [0, 0.1) is 0 Å². The molecule has 2 rings (SSSR count). The minimum atomic E-state index is -0.445. The van der Waals surface area contributed by atoms with Crippen molar-refractivity contribution in [3.05, 3.63) is 27.7 Å². The van der Waals surface area contributed by atoms with Gasteiger partial charge in [0, 0.05) is 18.7 Å². The van der Waals surface area contributed by atoms with E-state index in [0.29, 0.717) is 25.1 Å². The summed E-state index contributed by atoms with van der Waals surface area (Å²) in [5, 5.41) is 9.90. The summed E-state index contributed by atoms with van der Waals surface area (Å²) in [5.41, 5.74) is 6.32. The quantitative estimate of drug-likeness (QED) is 0.768. The molecule has 1 aromatic carbocycles. The van der Waals surface area contributed by atoms with Crippen LogP contribution in [-0.2, 0) is 0 Å². The fourth-order valence-electron chi connectivity index (χ4n) is 1.84. The van der Waals surface area contributed by atoms with Crippen LogP contribution in [0.15, 0.2) is 12.1 Å². The molecule has 1 atom stereocenters. The van der Waals surface area contributed by atoms with Crippen molar-refractivity contribution in [3.8, 4) is 0 Å². The topological polar surface area (TPSA) is 66.6 Å². The van der Waals surface area contributed by atoms with E-state index in [1.54, 1.807) is 4.90 Å². The Morgan fingerprint density at radius 1 is 1.47 bits per heavy atom. The molecule has 0 saturated carbocycles. The van der Waals surface area contributed by atoms with Gasteiger partial charge in [-0.3, -0.25) is 4.79 Å². The number of β-amino-alcohol motifs (C(OH)–C–C–N with tert-alkyl or cyclic N) is 1. The Kier molecular flexibility index (Phi) is 3.47. The molecule has 0 aromatic heterocycles. The molecule has 0 bridgehead atoms. The van der Waals surface area contributed by atoms with E-state index >= 15 is 0 Å². The molecule has 0 aliphatic carbocycles. The van der Waals surface area contributed by atoms with E-state index in [0.717, 1.165) is 0 Å². The predicted octanol–water partition coefficient (Wildman–Crippen LogP) is 1.78. The van der Waals surface area contributed by atoms with Crippen LogP contribution in [0.3, 0.4) is 0 Å². The number of benzene rings is 1. The van der Waals surface area contributed by atoms with Gasteiger partial charge < -0.3 is 15.7 Å². The molecule has 4 nitrogen and oxygen atoms in total. The smallest absolute Gasteiger partial charge is 0.254 e. The van der Waals surface area contributed by atoms with E-state index in [-0.39, 0.29) is 21.6 Å². The number of anilines is 1. The lowest BCUT2D eigenvalue weighted by Crippen LogP contribution is -2.29. The first kappa shape index (κ1) is 12.5. The lowest BCUT2D eigenvalue weighted by Gasteiger charge is -2.16. The summed E-state index contributed by atoms with van der Waals surface area (Å²) in [5.74, 6) is -0.188. The second-order valence-corrected chi connectivity index (χ2v) is 4.84. The number of amides is 1. The Morgan fingerprint density at radius 3 is 2.71 bits per heavy atom. The zero-order valence-corrected chi connectivity index (χ0v) is 10.5. The Morgan fingerprint density at radius 2 is 2.18 bits per heavy atom. The standard InChI is InChI=1S/C11H12Cl2N2O2/c12-8-3-6(4-9(14)10(8)13)11(17)15-2-1-7(16)5-15/h3-4,7,16H,1-2,5,14H2/t7-/m0/s1. The van der Waals surface area contributed by atoms with Gasteiger partial charge in [-0.1, -0.05) is 23.2 Å². The molecular weight excluding hydrogens is 263 g/mol. The summed E-state index contributed by atoms with van der Waals surface area (Å²) in [6, 6.07) is 2.99. The molecule has 17 heavy (non-hydrogen) atoms. The summed E-state index contributed by atoms with van der Waals surface area (Å²) < 4.78 is 0. The second kappa shape index (κ2) is 4.72. The van der Waals surface area contributed by atoms with Gasteiger partial charge in [0.2, 0.25) is 0 Å². The molecule has 1 aromatic rings. The minimum absolute atomic E-state index is 0.188. The lowest BCUT2D eigenvalue weighted by atomic mass is 10.2. The third-order valence-corrected chi connectivity index (χ3v) is 3.57. The fraction of sp³-hybridized carbons (Fsp3) is 0.364. The zero-order valence-electron chi connectivity index (χ0n) is 8.99. The van der Waals surface area contributed by atoms with Gasteiger partial charge in [-0.15, -0.1) is 0 Å². The molecule has 6 heteroatoms. The molecule has 1 aliphatic rings. The predicted molar refractivity (Wildman–Crippen MR) is 67.4 cm³/mol. The van der Waals surface area contributed by atoms with Crippen LogP contribution in [-0.4, -0.2) is 35.1 Å². The van der Waals surface area contributed by atoms with Gasteiger partial charge in [0.1, 0.15) is 0 Å². The molecular formula is C11H12Cl2N2O2. The van der Waals surface area contributed by atoms with Crippen LogP contribution in [0.25, 0.3) is 0 Å². The van der Waals surface area contributed by atoms with Crippen LogP contribution < -0.4 is 5.73 Å². The van der Waals surface area contributed by atoms with Gasteiger partial charge in [0.05, 0.1) is 21.8 Å². The largest absolute Gasteiger partial charge is 0.397 e. The number of carbonyl (C=O) groups is 1. The summed E-state index contributed by atoms with van der Waals surface area (Å²) >= 11 is 11.7. The maximum atomic E-state index is 12.1. The number of carbonyl (C=O) groups excluding carboxylic acids is 1. The SMILES string of the molecule is Nc1cc(C(=O)N2CC[C@H](O)C2)cc(Cl)c1Cl. The number of nitrogen functional groups attached to an aromatic ring is 1. The van der Waals surface area contributed by atoms with Crippen molar-refractivity contribution >= 4 is 34.8 Å². The van der Waals surface area contributed by atoms with Crippen molar-refractivity contribution in [2.75, 3.05) is 18.8 Å². The van der Waals surface area contributed by atoms with Gasteiger partial charge in [0.25, 0.3) is 5.91 Å². The van der Waals surface area contributed by atoms with Crippen molar-refractivity contribution in [2.45, 2.75) is 12.5 Å². The first-order valence-electron chi connectivity index (χ1n) is 5.21. The number of hydrogen-bond acceptors (Lipinski definition) is 3. The first-order valence-corrected chi connectivity index (χ1v) is 5.96. The Hall–Kier alpha value is -0.970. The highest BCUT2D eigenvalue weighted by molar-refractivity contribution is 6.43. The third kappa shape index (κ3) is 2.49. The van der Waals surface area contributed by atoms with E-state index in [2.05, 4.69) is 0 Å². The fourth-order valence-corrected chi connectivity index (χ4v) is 2.18. The Bertz CT molecular complexity index is 442. The molecule has 3 N–H and O–H groups in total. The van der Waals surface area contributed by atoms with Crippen molar-refractivity contribution < 1.29 is 9.90 Å². The maximum Gasteiger partial charge on any atom is 0.254 e. The number of hydrogen-bond donors (Lipinski definition) is 2. The van der Waals surface area contributed by atoms with E-state index < -0.39 is 6.10 Å².